The highest BCUT2D eigenvalue weighted by atomic mass is 19.2. The molecule has 0 spiro atoms. The largest absolute Gasteiger partial charge is 0.493 e. The Morgan fingerprint density at radius 3 is 2.45 bits per heavy atom. The summed E-state index contributed by atoms with van der Waals surface area (Å²) in [7, 11) is 0. The average Bonchev–Trinajstić information content (AvgIpc) is 2.93. The van der Waals surface area contributed by atoms with E-state index in [0.29, 0.717) is 17.9 Å². The maximum Gasteiger partial charge on any atom is 0.415 e. The Morgan fingerprint density at radius 1 is 0.921 bits per heavy atom. The third kappa shape index (κ3) is 6.13. The van der Waals surface area contributed by atoms with Crippen LogP contribution >= 0.6 is 0 Å². The molecule has 3 heterocycles. The van der Waals surface area contributed by atoms with Gasteiger partial charge in [0.05, 0.1) is 38.5 Å². The molecule has 0 aromatic heterocycles. The molecular formula is C30H32F3N2O3+. The highest BCUT2D eigenvalue weighted by Crippen LogP contribution is 2.36. The van der Waals surface area contributed by atoms with Crippen molar-refractivity contribution >= 4 is 11.8 Å². The lowest BCUT2D eigenvalue weighted by Gasteiger charge is -2.52. The molecule has 1 atom stereocenters. The third-order valence-electron chi connectivity index (χ3n) is 7.75. The minimum Gasteiger partial charge on any atom is -0.493 e. The molecule has 1 unspecified atom stereocenters. The number of rotatable bonds is 9. The van der Waals surface area contributed by atoms with Crippen molar-refractivity contribution in [3.05, 3.63) is 95.8 Å². The fourth-order valence-corrected chi connectivity index (χ4v) is 5.69. The van der Waals surface area contributed by atoms with Gasteiger partial charge < -0.3 is 14.0 Å². The molecule has 2 bridgehead atoms. The van der Waals surface area contributed by atoms with E-state index in [2.05, 4.69) is 0 Å². The Labute approximate surface area is 221 Å². The van der Waals surface area contributed by atoms with Gasteiger partial charge in [-0.15, -0.1) is 0 Å². The first-order chi connectivity index (χ1) is 18.4. The van der Waals surface area contributed by atoms with Crippen molar-refractivity contribution in [3.8, 4) is 5.75 Å². The summed E-state index contributed by atoms with van der Waals surface area (Å²) >= 11 is 0. The quantitative estimate of drug-likeness (QED) is 0.242. The van der Waals surface area contributed by atoms with E-state index in [-0.39, 0.29) is 18.6 Å². The monoisotopic (exact) mass is 525 g/mol. The normalized spacial score (nSPS) is 22.2. The highest BCUT2D eigenvalue weighted by Gasteiger charge is 2.47. The molecule has 3 fully saturated rings. The van der Waals surface area contributed by atoms with Crippen molar-refractivity contribution in [2.45, 2.75) is 31.9 Å². The topological polar surface area (TPSA) is 38.8 Å². The number of anilines is 1. The van der Waals surface area contributed by atoms with Gasteiger partial charge in [-0.1, -0.05) is 30.3 Å². The maximum atomic E-state index is 14.0. The lowest BCUT2D eigenvalue weighted by atomic mass is 9.83. The highest BCUT2D eigenvalue weighted by molar-refractivity contribution is 5.87. The second kappa shape index (κ2) is 11.5. The maximum absolute atomic E-state index is 14.0. The van der Waals surface area contributed by atoms with Gasteiger partial charge in [0.2, 0.25) is 0 Å². The first-order valence-corrected chi connectivity index (χ1v) is 13.1. The summed E-state index contributed by atoms with van der Waals surface area (Å²) in [5, 5.41) is 0. The van der Waals surface area contributed by atoms with Gasteiger partial charge in [-0.25, -0.2) is 18.0 Å². The zero-order chi connectivity index (χ0) is 26.5. The van der Waals surface area contributed by atoms with Crippen molar-refractivity contribution in [3.63, 3.8) is 0 Å². The Morgan fingerprint density at radius 2 is 1.71 bits per heavy atom. The standard InChI is InChI=1S/C30H32F3N2O3/c31-24-6-4-7-25(19-24)34(20-22-10-11-27(32)28(33)18-22)30(36)38-29-21-35(15-12-23(29)13-16-35)14-5-17-37-26-8-2-1-3-9-26/h1-4,6-11,18-19,23,29H,5,12-17,20-21H2/q+1. The Hall–Kier alpha value is -3.52. The zero-order valence-electron chi connectivity index (χ0n) is 21.2. The second-order valence-corrected chi connectivity index (χ2v) is 10.3. The van der Waals surface area contributed by atoms with Crippen LogP contribution in [0.3, 0.4) is 0 Å². The van der Waals surface area contributed by atoms with Crippen LogP contribution in [0.1, 0.15) is 24.8 Å². The van der Waals surface area contributed by atoms with Gasteiger partial charge in [-0.05, 0) is 48.0 Å². The summed E-state index contributed by atoms with van der Waals surface area (Å²) in [6, 6.07) is 18.8. The predicted octanol–water partition coefficient (Wildman–Crippen LogP) is 6.33. The van der Waals surface area contributed by atoms with Crippen LogP contribution in [0.2, 0.25) is 0 Å². The molecule has 1 amide bonds. The fraction of sp³-hybridized carbons (Fsp3) is 0.367. The van der Waals surface area contributed by atoms with E-state index in [0.717, 1.165) is 67.8 Å². The summed E-state index contributed by atoms with van der Waals surface area (Å²) < 4.78 is 54.2. The number of benzene rings is 3. The summed E-state index contributed by atoms with van der Waals surface area (Å²) in [5.41, 5.74) is 0.670. The number of para-hydroxylation sites is 1. The van der Waals surface area contributed by atoms with Crippen LogP contribution < -0.4 is 9.64 Å². The molecule has 0 N–H and O–H groups in total. The minimum atomic E-state index is -1.00. The number of carbonyl (C=O) groups is 1. The van der Waals surface area contributed by atoms with Gasteiger partial charge in [0, 0.05) is 25.2 Å². The molecular weight excluding hydrogens is 493 g/mol. The van der Waals surface area contributed by atoms with Gasteiger partial charge in [-0.2, -0.15) is 0 Å². The van der Waals surface area contributed by atoms with Crippen molar-refractivity contribution in [1.29, 1.82) is 0 Å². The summed E-state index contributed by atoms with van der Waals surface area (Å²) in [4.78, 5) is 14.7. The molecule has 3 aliphatic heterocycles. The second-order valence-electron chi connectivity index (χ2n) is 10.3. The molecule has 3 aromatic rings. The van der Waals surface area contributed by atoms with E-state index in [1.54, 1.807) is 6.07 Å². The van der Waals surface area contributed by atoms with Crippen LogP contribution in [0.25, 0.3) is 0 Å². The number of ether oxygens (including phenoxy) is 2. The first kappa shape index (κ1) is 26.1. The Kier molecular flexibility index (Phi) is 7.88. The van der Waals surface area contributed by atoms with Gasteiger partial charge in [-0.3, -0.25) is 4.90 Å². The number of amides is 1. The average molecular weight is 526 g/mol. The number of halogens is 3. The van der Waals surface area contributed by atoms with Gasteiger partial charge in [0.1, 0.15) is 18.1 Å². The smallest absolute Gasteiger partial charge is 0.415 e. The number of quaternary nitrogens is 1. The third-order valence-corrected chi connectivity index (χ3v) is 7.75. The van der Waals surface area contributed by atoms with Crippen LogP contribution in [0.5, 0.6) is 5.75 Å². The molecule has 5 nitrogen and oxygen atoms in total. The number of piperidine rings is 3. The Bertz CT molecular complexity index is 1250. The Balaban J connectivity index is 1.25. The van der Waals surface area contributed by atoms with Gasteiger partial charge in [0.25, 0.3) is 0 Å². The predicted molar refractivity (Wildman–Crippen MR) is 138 cm³/mol. The summed E-state index contributed by atoms with van der Waals surface area (Å²) in [6.45, 7) is 4.31. The molecule has 0 saturated carbocycles. The molecule has 0 aliphatic carbocycles. The number of carbonyl (C=O) groups excluding carboxylic acids is 1. The molecule has 3 saturated heterocycles. The lowest BCUT2D eigenvalue weighted by molar-refractivity contribution is -0.946. The SMILES string of the molecule is O=C(OC1C[N+]2(CCCOc3ccccc3)CCC1CC2)N(Cc1ccc(F)c(F)c1)c1cccc(F)c1. The van der Waals surface area contributed by atoms with E-state index in [4.69, 9.17) is 9.47 Å². The number of hydrogen-bond donors (Lipinski definition) is 0. The van der Waals surface area contributed by atoms with Crippen LogP contribution in [0.4, 0.5) is 23.7 Å². The molecule has 3 aromatic carbocycles. The molecule has 8 heteroatoms. The van der Waals surface area contributed by atoms with E-state index in [9.17, 15) is 18.0 Å². The molecule has 0 radical (unpaired) electrons. The molecule has 3 aliphatic rings. The van der Waals surface area contributed by atoms with E-state index in [1.807, 2.05) is 30.3 Å². The van der Waals surface area contributed by atoms with Gasteiger partial charge >= 0.3 is 6.09 Å². The van der Waals surface area contributed by atoms with E-state index in [1.165, 1.54) is 29.2 Å². The number of hydrogen-bond acceptors (Lipinski definition) is 3. The van der Waals surface area contributed by atoms with Crippen molar-refractivity contribution in [2.75, 3.05) is 37.7 Å². The summed E-state index contributed by atoms with van der Waals surface area (Å²) in [5.74, 6) is -1.35. The van der Waals surface area contributed by atoms with E-state index < -0.39 is 23.5 Å². The molecule has 200 valence electrons. The van der Waals surface area contributed by atoms with Crippen LogP contribution in [-0.2, 0) is 11.3 Å². The van der Waals surface area contributed by atoms with Crippen LogP contribution in [-0.4, -0.2) is 49.5 Å². The van der Waals surface area contributed by atoms with Crippen molar-refractivity contribution in [2.24, 2.45) is 5.92 Å². The minimum absolute atomic E-state index is 0.0757. The van der Waals surface area contributed by atoms with E-state index >= 15 is 0 Å². The first-order valence-electron chi connectivity index (χ1n) is 13.1. The number of fused-ring (bicyclic) bond motifs is 3. The number of nitrogens with zero attached hydrogens (tertiary/aromatic N) is 2. The zero-order valence-corrected chi connectivity index (χ0v) is 21.2. The van der Waals surface area contributed by atoms with Gasteiger partial charge in [0.15, 0.2) is 17.7 Å². The molecule has 6 rings (SSSR count). The van der Waals surface area contributed by atoms with Crippen LogP contribution in [0.15, 0.2) is 72.8 Å². The van der Waals surface area contributed by atoms with Crippen molar-refractivity contribution in [1.82, 2.24) is 0 Å². The molecule has 38 heavy (non-hydrogen) atoms. The summed E-state index contributed by atoms with van der Waals surface area (Å²) in [6.07, 6.45) is 1.96. The fourth-order valence-electron chi connectivity index (χ4n) is 5.69. The van der Waals surface area contributed by atoms with Crippen LogP contribution in [0, 0.1) is 23.4 Å². The van der Waals surface area contributed by atoms with Crippen molar-refractivity contribution < 1.29 is 31.9 Å². The lowest BCUT2D eigenvalue weighted by Crippen LogP contribution is -2.65.